The van der Waals surface area contributed by atoms with Gasteiger partial charge >= 0.3 is 0 Å². The molecule has 0 saturated carbocycles. The van der Waals surface area contributed by atoms with Crippen LogP contribution in [0.4, 0.5) is 0 Å². The van der Waals surface area contributed by atoms with Gasteiger partial charge in [-0.05, 0) is 23.3 Å². The molecule has 0 bridgehead atoms. The van der Waals surface area contributed by atoms with Gasteiger partial charge < -0.3 is 10.4 Å². The maximum atomic E-state index is 11.5. The number of thiophene rings is 1. The number of rotatable bonds is 5. The van der Waals surface area contributed by atoms with Crippen LogP contribution in [0.15, 0.2) is 17.5 Å². The molecule has 1 amide bonds. The van der Waals surface area contributed by atoms with E-state index in [1.54, 1.807) is 0 Å². The molecule has 96 valence electrons. The van der Waals surface area contributed by atoms with Gasteiger partial charge in [0.25, 0.3) is 0 Å². The van der Waals surface area contributed by atoms with Crippen LogP contribution in [0, 0.1) is 5.41 Å². The highest BCUT2D eigenvalue weighted by molar-refractivity contribution is 7.10. The quantitative estimate of drug-likeness (QED) is 0.850. The molecule has 1 unspecified atom stereocenters. The van der Waals surface area contributed by atoms with Gasteiger partial charge in [-0.3, -0.25) is 4.79 Å². The molecule has 1 heterocycles. The predicted molar refractivity (Wildman–Crippen MR) is 71.0 cm³/mol. The predicted octanol–water partition coefficient (Wildman–Crippen LogP) is 2.72. The second kappa shape index (κ2) is 6.17. The highest BCUT2D eigenvalue weighted by Crippen LogP contribution is 2.21. The van der Waals surface area contributed by atoms with E-state index >= 15 is 0 Å². The Morgan fingerprint density at radius 1 is 1.53 bits per heavy atom. The first-order valence-electron chi connectivity index (χ1n) is 5.87. The number of nitrogens with one attached hydrogen (secondary N) is 1. The molecular weight excluding hydrogens is 234 g/mol. The number of carbonyl (C=O) groups excluding carboxylic acids is 1. The fourth-order valence-corrected chi connectivity index (χ4v) is 2.26. The number of aliphatic hydroxyl groups excluding tert-OH is 1. The molecule has 0 spiro atoms. The van der Waals surface area contributed by atoms with Gasteiger partial charge in [0.2, 0.25) is 5.91 Å². The molecule has 0 aliphatic carbocycles. The number of amides is 1. The van der Waals surface area contributed by atoms with Crippen LogP contribution in [-0.4, -0.2) is 17.6 Å². The molecule has 1 rings (SSSR count). The maximum absolute atomic E-state index is 11.5. The summed E-state index contributed by atoms with van der Waals surface area (Å²) in [7, 11) is 0. The number of carbonyl (C=O) groups is 1. The van der Waals surface area contributed by atoms with Gasteiger partial charge in [-0.15, -0.1) is 11.3 Å². The molecule has 1 atom stereocenters. The van der Waals surface area contributed by atoms with Crippen LogP contribution < -0.4 is 5.32 Å². The average Bonchev–Trinajstić information content (AvgIpc) is 2.66. The van der Waals surface area contributed by atoms with Gasteiger partial charge in [-0.1, -0.05) is 26.8 Å². The number of aliphatic hydroxyl groups is 1. The topological polar surface area (TPSA) is 49.3 Å². The standard InChI is InChI=1S/C13H21NO2S/c1-13(2,3)9-12(16)14-7-6-10(15)11-5-4-8-17-11/h4-5,8,10,15H,6-7,9H2,1-3H3,(H,14,16). The minimum absolute atomic E-state index is 0.0104. The summed E-state index contributed by atoms with van der Waals surface area (Å²) in [5, 5.41) is 14.6. The van der Waals surface area contributed by atoms with Gasteiger partial charge in [0.05, 0.1) is 6.10 Å². The zero-order chi connectivity index (χ0) is 12.9. The van der Waals surface area contributed by atoms with Crippen LogP contribution in [0.3, 0.4) is 0 Å². The van der Waals surface area contributed by atoms with E-state index < -0.39 is 6.10 Å². The van der Waals surface area contributed by atoms with Gasteiger partial charge in [0, 0.05) is 17.8 Å². The van der Waals surface area contributed by atoms with E-state index in [2.05, 4.69) is 5.32 Å². The van der Waals surface area contributed by atoms with Crippen molar-refractivity contribution >= 4 is 17.2 Å². The van der Waals surface area contributed by atoms with Crippen LogP contribution in [0.5, 0.6) is 0 Å². The lowest BCUT2D eigenvalue weighted by atomic mass is 9.92. The van der Waals surface area contributed by atoms with E-state index in [4.69, 9.17) is 0 Å². The zero-order valence-electron chi connectivity index (χ0n) is 10.7. The fraction of sp³-hybridized carbons (Fsp3) is 0.615. The summed E-state index contributed by atoms with van der Waals surface area (Å²) in [6, 6.07) is 3.83. The normalized spacial score (nSPS) is 13.4. The lowest BCUT2D eigenvalue weighted by molar-refractivity contribution is -0.122. The maximum Gasteiger partial charge on any atom is 0.220 e. The largest absolute Gasteiger partial charge is 0.388 e. The van der Waals surface area contributed by atoms with Gasteiger partial charge in [0.1, 0.15) is 0 Å². The summed E-state index contributed by atoms with van der Waals surface area (Å²) >= 11 is 1.54. The van der Waals surface area contributed by atoms with E-state index in [-0.39, 0.29) is 11.3 Å². The Morgan fingerprint density at radius 2 is 2.24 bits per heavy atom. The van der Waals surface area contributed by atoms with Crippen molar-refractivity contribution in [1.29, 1.82) is 0 Å². The third-order valence-electron chi connectivity index (χ3n) is 2.30. The van der Waals surface area contributed by atoms with Crippen molar-refractivity contribution in [3.63, 3.8) is 0 Å². The van der Waals surface area contributed by atoms with Crippen molar-refractivity contribution in [1.82, 2.24) is 5.32 Å². The van der Waals surface area contributed by atoms with Crippen molar-refractivity contribution in [3.05, 3.63) is 22.4 Å². The molecule has 0 aliphatic rings. The third kappa shape index (κ3) is 5.84. The Morgan fingerprint density at radius 3 is 2.76 bits per heavy atom. The van der Waals surface area contributed by atoms with Gasteiger partial charge in [0.15, 0.2) is 0 Å². The van der Waals surface area contributed by atoms with Crippen LogP contribution in [0.2, 0.25) is 0 Å². The van der Waals surface area contributed by atoms with E-state index in [0.717, 1.165) is 4.88 Å². The highest BCUT2D eigenvalue weighted by atomic mass is 32.1. The second-order valence-corrected chi connectivity index (χ2v) is 6.39. The lowest BCUT2D eigenvalue weighted by Crippen LogP contribution is -2.29. The lowest BCUT2D eigenvalue weighted by Gasteiger charge is -2.17. The first-order valence-corrected chi connectivity index (χ1v) is 6.74. The first-order chi connectivity index (χ1) is 7.88. The summed E-state index contributed by atoms with van der Waals surface area (Å²) in [6.07, 6.45) is 0.614. The summed E-state index contributed by atoms with van der Waals surface area (Å²) < 4.78 is 0. The zero-order valence-corrected chi connectivity index (χ0v) is 11.5. The molecular formula is C13H21NO2S. The van der Waals surface area contributed by atoms with E-state index in [1.165, 1.54) is 11.3 Å². The van der Waals surface area contributed by atoms with E-state index in [1.807, 2.05) is 38.3 Å². The monoisotopic (exact) mass is 255 g/mol. The molecule has 1 aromatic rings. The smallest absolute Gasteiger partial charge is 0.220 e. The van der Waals surface area contributed by atoms with Crippen LogP contribution >= 0.6 is 11.3 Å². The van der Waals surface area contributed by atoms with Gasteiger partial charge in [-0.25, -0.2) is 0 Å². The molecule has 1 aromatic heterocycles. The molecule has 2 N–H and O–H groups in total. The number of hydrogen-bond acceptors (Lipinski definition) is 3. The van der Waals surface area contributed by atoms with Crippen LogP contribution in [0.1, 0.15) is 44.6 Å². The Kier molecular flexibility index (Phi) is 5.15. The highest BCUT2D eigenvalue weighted by Gasteiger charge is 2.16. The van der Waals surface area contributed by atoms with E-state index in [0.29, 0.717) is 19.4 Å². The summed E-state index contributed by atoms with van der Waals surface area (Å²) in [5.74, 6) is 0.0517. The van der Waals surface area contributed by atoms with Gasteiger partial charge in [-0.2, -0.15) is 0 Å². The SMILES string of the molecule is CC(C)(C)CC(=O)NCCC(O)c1cccs1. The van der Waals surface area contributed by atoms with Crippen molar-refractivity contribution < 1.29 is 9.90 Å². The molecule has 0 fully saturated rings. The molecule has 0 aliphatic heterocycles. The van der Waals surface area contributed by atoms with Crippen LogP contribution in [0.25, 0.3) is 0 Å². The van der Waals surface area contributed by atoms with Crippen molar-refractivity contribution in [2.75, 3.05) is 6.54 Å². The third-order valence-corrected chi connectivity index (χ3v) is 3.28. The number of hydrogen-bond donors (Lipinski definition) is 2. The average molecular weight is 255 g/mol. The minimum Gasteiger partial charge on any atom is -0.388 e. The molecule has 0 radical (unpaired) electrons. The Hall–Kier alpha value is -0.870. The minimum atomic E-state index is -0.468. The summed E-state index contributed by atoms with van der Waals surface area (Å²) in [5.41, 5.74) is 0.0104. The van der Waals surface area contributed by atoms with Crippen LogP contribution in [-0.2, 0) is 4.79 Å². The Balaban J connectivity index is 2.22. The summed E-state index contributed by atoms with van der Waals surface area (Å²) in [6.45, 7) is 6.63. The fourth-order valence-electron chi connectivity index (χ4n) is 1.52. The second-order valence-electron chi connectivity index (χ2n) is 5.41. The van der Waals surface area contributed by atoms with Crippen molar-refractivity contribution in [2.45, 2.75) is 39.7 Å². The molecule has 3 nitrogen and oxygen atoms in total. The molecule has 0 saturated heterocycles. The molecule has 0 aromatic carbocycles. The first kappa shape index (κ1) is 14.2. The Bertz CT molecular complexity index is 341. The van der Waals surface area contributed by atoms with Crippen molar-refractivity contribution in [2.24, 2.45) is 5.41 Å². The molecule has 4 heteroatoms. The Labute approximate surface area is 107 Å². The van der Waals surface area contributed by atoms with Crippen molar-refractivity contribution in [3.8, 4) is 0 Å². The molecule has 17 heavy (non-hydrogen) atoms. The summed E-state index contributed by atoms with van der Waals surface area (Å²) in [4.78, 5) is 12.5. The van der Waals surface area contributed by atoms with E-state index in [9.17, 15) is 9.90 Å².